The Kier molecular flexibility index (Phi) is 6.96. The van der Waals surface area contributed by atoms with E-state index in [1.807, 2.05) is 17.8 Å². The quantitative estimate of drug-likeness (QED) is 0.205. The minimum Gasteiger partial charge on any atom is -0.350 e. The molecule has 0 aliphatic carbocycles. The molecule has 224 valence electrons. The topological polar surface area (TPSA) is 36.4 Å². The highest BCUT2D eigenvalue weighted by molar-refractivity contribution is 7.99. The largest absolute Gasteiger partial charge is 0.350 e. The molecule has 0 aromatic heterocycles. The molecule has 2 unspecified atom stereocenters. The Morgan fingerprint density at radius 1 is 0.468 bits per heavy atom. The summed E-state index contributed by atoms with van der Waals surface area (Å²) in [6, 6.07) is 58.8. The Morgan fingerprint density at radius 2 is 1.04 bits per heavy atom. The van der Waals surface area contributed by atoms with Crippen LogP contribution in [0.1, 0.15) is 29.0 Å². The maximum absolute atomic E-state index is 5.21. The minimum absolute atomic E-state index is 0.0798. The number of fused-ring (bicyclic) bond motifs is 4. The van der Waals surface area contributed by atoms with E-state index in [9.17, 15) is 0 Å². The average molecular weight is 622 g/mol. The van der Waals surface area contributed by atoms with Crippen molar-refractivity contribution in [2.75, 3.05) is 0 Å². The molecule has 2 atom stereocenters. The standard InChI is InChI=1S/C43H31N3S/c1-3-13-28(14-4-1)41-44-42(29-15-5-2-6-16-29)46-43(45-41)31-18-11-17-30(27-31)32-25-26-37-34-20-8-10-24-39(34)47-38-23-9-7-19-33(38)36-22-12-21-35(32)40(36)37/h1-27,41,43,45H,(H,44,46). The van der Waals surface area contributed by atoms with Crippen molar-refractivity contribution in [2.45, 2.75) is 22.1 Å². The second kappa shape index (κ2) is 11.7. The summed E-state index contributed by atoms with van der Waals surface area (Å²) in [4.78, 5) is 7.77. The summed E-state index contributed by atoms with van der Waals surface area (Å²) in [5, 5.41) is 9.97. The molecule has 2 aliphatic heterocycles. The smallest absolute Gasteiger partial charge is 0.131 e. The van der Waals surface area contributed by atoms with Gasteiger partial charge >= 0.3 is 0 Å². The van der Waals surface area contributed by atoms with Gasteiger partial charge in [-0.15, -0.1) is 0 Å². The highest BCUT2D eigenvalue weighted by Gasteiger charge is 2.26. The maximum Gasteiger partial charge on any atom is 0.131 e. The Morgan fingerprint density at radius 3 is 1.81 bits per heavy atom. The first kappa shape index (κ1) is 27.9. The zero-order valence-corrected chi connectivity index (χ0v) is 26.4. The molecule has 0 fully saturated rings. The van der Waals surface area contributed by atoms with Crippen LogP contribution in [0, 0.1) is 0 Å². The number of amidine groups is 1. The van der Waals surface area contributed by atoms with Gasteiger partial charge in [0.05, 0.1) is 0 Å². The molecule has 4 heteroatoms. The van der Waals surface area contributed by atoms with Gasteiger partial charge in [-0.1, -0.05) is 157 Å². The molecule has 0 radical (unpaired) electrons. The second-order valence-corrected chi connectivity index (χ2v) is 13.1. The molecule has 0 saturated carbocycles. The fourth-order valence-electron chi connectivity index (χ4n) is 6.95. The van der Waals surface area contributed by atoms with Crippen LogP contribution in [0.5, 0.6) is 0 Å². The van der Waals surface area contributed by atoms with Gasteiger partial charge in [0.25, 0.3) is 0 Å². The monoisotopic (exact) mass is 621 g/mol. The number of nitrogens with zero attached hydrogens (tertiary/aromatic N) is 1. The van der Waals surface area contributed by atoms with E-state index in [0.29, 0.717) is 0 Å². The van der Waals surface area contributed by atoms with Gasteiger partial charge in [0.1, 0.15) is 18.2 Å². The lowest BCUT2D eigenvalue weighted by Gasteiger charge is -2.32. The highest BCUT2D eigenvalue weighted by atomic mass is 32.2. The summed E-state index contributed by atoms with van der Waals surface area (Å²) in [5.74, 6) is 0.887. The number of hydrogen-bond acceptors (Lipinski definition) is 4. The van der Waals surface area contributed by atoms with Crippen molar-refractivity contribution in [1.29, 1.82) is 0 Å². The Labute approximate surface area is 279 Å². The molecular weight excluding hydrogens is 591 g/mol. The third-order valence-corrected chi connectivity index (χ3v) is 10.3. The third-order valence-electron chi connectivity index (χ3n) is 9.17. The fraction of sp³-hybridized carbons (Fsp3) is 0.0465. The van der Waals surface area contributed by atoms with Gasteiger partial charge < -0.3 is 5.32 Å². The molecule has 0 spiro atoms. The lowest BCUT2D eigenvalue weighted by Crippen LogP contribution is -2.44. The van der Waals surface area contributed by atoms with E-state index in [-0.39, 0.29) is 12.3 Å². The molecule has 7 aromatic carbocycles. The van der Waals surface area contributed by atoms with Crippen LogP contribution < -0.4 is 10.6 Å². The van der Waals surface area contributed by atoms with Crippen LogP contribution in [-0.4, -0.2) is 5.84 Å². The zero-order valence-electron chi connectivity index (χ0n) is 25.6. The van der Waals surface area contributed by atoms with Crippen LogP contribution in [-0.2, 0) is 0 Å². The molecule has 0 bridgehead atoms. The summed E-state index contributed by atoms with van der Waals surface area (Å²) >= 11 is 1.86. The summed E-state index contributed by atoms with van der Waals surface area (Å²) in [6.07, 6.45) is -0.303. The summed E-state index contributed by atoms with van der Waals surface area (Å²) < 4.78 is 0. The van der Waals surface area contributed by atoms with Gasteiger partial charge in [-0.05, 0) is 73.5 Å². The van der Waals surface area contributed by atoms with Crippen molar-refractivity contribution in [3.8, 4) is 33.4 Å². The lowest BCUT2D eigenvalue weighted by molar-refractivity contribution is 0.409. The maximum atomic E-state index is 5.21. The molecular formula is C43H31N3S. The molecule has 9 rings (SSSR count). The number of benzene rings is 7. The minimum atomic E-state index is -0.223. The van der Waals surface area contributed by atoms with Crippen molar-refractivity contribution < 1.29 is 0 Å². The number of rotatable bonds is 4. The van der Waals surface area contributed by atoms with Gasteiger partial charge in [-0.2, -0.15) is 0 Å². The van der Waals surface area contributed by atoms with Gasteiger partial charge in [0.15, 0.2) is 0 Å². The third kappa shape index (κ3) is 5.03. The highest BCUT2D eigenvalue weighted by Crippen LogP contribution is 2.49. The predicted molar refractivity (Wildman–Crippen MR) is 196 cm³/mol. The second-order valence-electron chi connectivity index (χ2n) is 12.0. The molecule has 2 heterocycles. The lowest BCUT2D eigenvalue weighted by atomic mass is 9.87. The van der Waals surface area contributed by atoms with Crippen LogP contribution >= 0.6 is 11.8 Å². The van der Waals surface area contributed by atoms with Crippen molar-refractivity contribution in [3.05, 3.63) is 180 Å². The molecule has 3 nitrogen and oxygen atoms in total. The fourth-order valence-corrected chi connectivity index (χ4v) is 8.05. The SMILES string of the molecule is c1ccc(C2=NC(c3cccc(-c4ccc5c6c(cccc46)-c4ccccc4Sc4ccccc4-5)c3)NC(c3ccccc3)N2)cc1. The zero-order chi connectivity index (χ0) is 31.2. The molecule has 2 N–H and O–H groups in total. The molecule has 7 aromatic rings. The molecule has 47 heavy (non-hydrogen) atoms. The first-order valence-electron chi connectivity index (χ1n) is 16.0. The molecule has 2 aliphatic rings. The van der Waals surface area contributed by atoms with E-state index in [1.54, 1.807) is 0 Å². The number of hydrogen-bond donors (Lipinski definition) is 2. The van der Waals surface area contributed by atoms with E-state index in [2.05, 4.69) is 168 Å². The Balaban J connectivity index is 1.20. The van der Waals surface area contributed by atoms with Gasteiger partial charge in [-0.3, -0.25) is 5.32 Å². The van der Waals surface area contributed by atoms with E-state index in [1.165, 1.54) is 59.5 Å². The van der Waals surface area contributed by atoms with Gasteiger partial charge in [0.2, 0.25) is 0 Å². The first-order chi connectivity index (χ1) is 23.3. The van der Waals surface area contributed by atoms with Crippen LogP contribution in [0.2, 0.25) is 0 Å². The summed E-state index contributed by atoms with van der Waals surface area (Å²) in [5.41, 5.74) is 10.9. The van der Waals surface area contributed by atoms with Crippen molar-refractivity contribution in [1.82, 2.24) is 10.6 Å². The van der Waals surface area contributed by atoms with Crippen LogP contribution in [0.4, 0.5) is 0 Å². The average Bonchev–Trinajstić information content (AvgIpc) is 3.15. The summed E-state index contributed by atoms with van der Waals surface area (Å²) in [7, 11) is 0. The van der Waals surface area contributed by atoms with Gasteiger partial charge in [0, 0.05) is 15.4 Å². The molecule has 0 amide bonds. The van der Waals surface area contributed by atoms with Crippen molar-refractivity contribution in [2.24, 2.45) is 4.99 Å². The Hall–Kier alpha value is -5.42. The van der Waals surface area contributed by atoms with Gasteiger partial charge in [-0.25, -0.2) is 4.99 Å². The van der Waals surface area contributed by atoms with E-state index in [4.69, 9.17) is 4.99 Å². The van der Waals surface area contributed by atoms with Crippen LogP contribution in [0.15, 0.2) is 179 Å². The van der Waals surface area contributed by atoms with E-state index < -0.39 is 0 Å². The van der Waals surface area contributed by atoms with Crippen molar-refractivity contribution in [3.63, 3.8) is 0 Å². The number of aliphatic imine (C=N–C) groups is 1. The van der Waals surface area contributed by atoms with Crippen LogP contribution in [0.3, 0.4) is 0 Å². The Bertz CT molecular complexity index is 2240. The molecule has 0 saturated heterocycles. The van der Waals surface area contributed by atoms with E-state index >= 15 is 0 Å². The predicted octanol–water partition coefficient (Wildman–Crippen LogP) is 10.6. The normalized spacial score (nSPS) is 16.6. The van der Waals surface area contributed by atoms with Crippen molar-refractivity contribution >= 4 is 28.4 Å². The first-order valence-corrected chi connectivity index (χ1v) is 16.9. The number of nitrogens with one attached hydrogen (secondary N) is 2. The summed E-state index contributed by atoms with van der Waals surface area (Å²) in [6.45, 7) is 0. The van der Waals surface area contributed by atoms with Crippen LogP contribution in [0.25, 0.3) is 44.2 Å². The van der Waals surface area contributed by atoms with E-state index in [0.717, 1.165) is 17.0 Å².